The summed E-state index contributed by atoms with van der Waals surface area (Å²) < 4.78 is 4.51. The van der Waals surface area contributed by atoms with Crippen molar-refractivity contribution in [3.8, 4) is 0 Å². The maximum atomic E-state index is 10.8. The molecule has 0 radical (unpaired) electrons. The predicted octanol–water partition coefficient (Wildman–Crippen LogP) is 1.46. The van der Waals surface area contributed by atoms with E-state index in [-0.39, 0.29) is 12.5 Å². The van der Waals surface area contributed by atoms with Crippen molar-refractivity contribution in [2.45, 2.75) is 0 Å². The maximum absolute atomic E-state index is 10.8. The molecule has 0 aromatic heterocycles. The van der Waals surface area contributed by atoms with Crippen LogP contribution in [0, 0.1) is 0 Å². The number of carbonyl (C=O) groups excluding carboxylic acids is 1. The zero-order chi connectivity index (χ0) is 11.1. The number of esters is 1. The van der Waals surface area contributed by atoms with E-state index >= 15 is 0 Å². The van der Waals surface area contributed by atoms with Crippen LogP contribution in [0.1, 0.15) is 5.56 Å². The van der Waals surface area contributed by atoms with E-state index in [4.69, 9.17) is 0 Å². The van der Waals surface area contributed by atoms with Crippen LogP contribution in [0.25, 0.3) is 5.57 Å². The van der Waals surface area contributed by atoms with E-state index in [1.54, 1.807) is 0 Å². The summed E-state index contributed by atoms with van der Waals surface area (Å²) in [5.74, 6) is -0.268. The quantitative estimate of drug-likeness (QED) is 0.740. The lowest BCUT2D eigenvalue weighted by atomic mass is 10.1. The Morgan fingerprint density at radius 2 is 2.00 bits per heavy atom. The summed E-state index contributed by atoms with van der Waals surface area (Å²) in [7, 11) is 1.37. The van der Waals surface area contributed by atoms with Gasteiger partial charge in [0.2, 0.25) is 0 Å². The average molecular weight is 205 g/mol. The van der Waals surface area contributed by atoms with E-state index in [9.17, 15) is 4.79 Å². The first-order valence-electron chi connectivity index (χ1n) is 4.74. The number of methoxy groups -OCH3 is 1. The van der Waals surface area contributed by atoms with Crippen LogP contribution in [-0.4, -0.2) is 26.2 Å². The van der Waals surface area contributed by atoms with Crippen LogP contribution >= 0.6 is 0 Å². The Kier molecular flexibility index (Phi) is 4.57. The van der Waals surface area contributed by atoms with E-state index in [2.05, 4.69) is 16.6 Å². The van der Waals surface area contributed by atoms with Crippen LogP contribution in [0.15, 0.2) is 36.9 Å². The number of ether oxygens (including phenoxy) is 1. The third-order valence-electron chi connectivity index (χ3n) is 2.02. The lowest BCUT2D eigenvalue weighted by Gasteiger charge is -2.06. The largest absolute Gasteiger partial charge is 0.468 e. The highest BCUT2D eigenvalue weighted by Crippen LogP contribution is 2.09. The molecule has 1 aromatic carbocycles. The first-order valence-corrected chi connectivity index (χ1v) is 4.74. The summed E-state index contributed by atoms with van der Waals surface area (Å²) in [6, 6.07) is 9.85. The summed E-state index contributed by atoms with van der Waals surface area (Å²) >= 11 is 0. The molecule has 0 atom stereocenters. The van der Waals surface area contributed by atoms with E-state index < -0.39 is 0 Å². The average Bonchev–Trinajstić information content (AvgIpc) is 2.29. The van der Waals surface area contributed by atoms with Crippen molar-refractivity contribution in [3.63, 3.8) is 0 Å². The van der Waals surface area contributed by atoms with Gasteiger partial charge in [0.05, 0.1) is 13.7 Å². The standard InChI is InChI=1S/C12H15NO2/c1-10(8-13-9-12(14)15-2)11-6-4-3-5-7-11/h3-7,13H,1,8-9H2,2H3. The van der Waals surface area contributed by atoms with Gasteiger partial charge in [0.15, 0.2) is 0 Å². The SMILES string of the molecule is C=C(CNCC(=O)OC)c1ccccc1. The Balaban J connectivity index is 2.34. The molecule has 3 heteroatoms. The molecule has 0 spiro atoms. The summed E-state index contributed by atoms with van der Waals surface area (Å²) in [6.45, 7) is 4.73. The molecule has 0 saturated carbocycles. The van der Waals surface area contributed by atoms with Gasteiger partial charge in [0.25, 0.3) is 0 Å². The fourth-order valence-corrected chi connectivity index (χ4v) is 1.16. The number of rotatable bonds is 5. The summed E-state index contributed by atoms with van der Waals surface area (Å²) in [5.41, 5.74) is 2.04. The third-order valence-corrected chi connectivity index (χ3v) is 2.02. The second-order valence-electron chi connectivity index (χ2n) is 3.15. The maximum Gasteiger partial charge on any atom is 0.319 e. The number of carbonyl (C=O) groups is 1. The predicted molar refractivity (Wildman–Crippen MR) is 60.4 cm³/mol. The van der Waals surface area contributed by atoms with Crippen LogP contribution < -0.4 is 5.32 Å². The first kappa shape index (κ1) is 11.5. The van der Waals surface area contributed by atoms with Gasteiger partial charge in [-0.05, 0) is 11.1 Å². The molecule has 3 nitrogen and oxygen atoms in total. The Morgan fingerprint density at radius 3 is 2.60 bits per heavy atom. The van der Waals surface area contributed by atoms with Gasteiger partial charge in [-0.1, -0.05) is 36.9 Å². The smallest absolute Gasteiger partial charge is 0.319 e. The van der Waals surface area contributed by atoms with Gasteiger partial charge in [0, 0.05) is 6.54 Å². The zero-order valence-corrected chi connectivity index (χ0v) is 8.82. The Bertz CT molecular complexity index is 333. The second-order valence-corrected chi connectivity index (χ2v) is 3.15. The summed E-state index contributed by atoms with van der Waals surface area (Å²) in [5, 5.41) is 2.96. The minimum Gasteiger partial charge on any atom is -0.468 e. The fourth-order valence-electron chi connectivity index (χ4n) is 1.16. The van der Waals surface area contributed by atoms with E-state index in [0.29, 0.717) is 6.54 Å². The normalized spacial score (nSPS) is 9.67. The van der Waals surface area contributed by atoms with Crippen molar-refractivity contribution in [2.75, 3.05) is 20.2 Å². The van der Waals surface area contributed by atoms with Gasteiger partial charge in [-0.15, -0.1) is 0 Å². The highest BCUT2D eigenvalue weighted by atomic mass is 16.5. The Hall–Kier alpha value is -1.61. The Morgan fingerprint density at radius 1 is 1.33 bits per heavy atom. The van der Waals surface area contributed by atoms with Gasteiger partial charge < -0.3 is 10.1 Å². The molecule has 1 rings (SSSR count). The molecule has 0 unspecified atom stereocenters. The van der Waals surface area contributed by atoms with Gasteiger partial charge in [-0.2, -0.15) is 0 Å². The highest BCUT2D eigenvalue weighted by Gasteiger charge is 2.00. The van der Waals surface area contributed by atoms with Crippen molar-refractivity contribution in [1.29, 1.82) is 0 Å². The molecule has 0 bridgehead atoms. The Labute approximate surface area is 89.8 Å². The van der Waals surface area contributed by atoms with Crippen molar-refractivity contribution < 1.29 is 9.53 Å². The molecular weight excluding hydrogens is 190 g/mol. The molecule has 1 aromatic rings. The van der Waals surface area contributed by atoms with Crippen LogP contribution in [-0.2, 0) is 9.53 Å². The fraction of sp³-hybridized carbons (Fsp3) is 0.250. The molecular formula is C12H15NO2. The van der Waals surface area contributed by atoms with Crippen molar-refractivity contribution in [1.82, 2.24) is 5.32 Å². The molecule has 80 valence electrons. The molecule has 0 aliphatic rings. The van der Waals surface area contributed by atoms with E-state index in [1.807, 2.05) is 30.3 Å². The first-order chi connectivity index (χ1) is 7.24. The van der Waals surface area contributed by atoms with Crippen LogP contribution in [0.5, 0.6) is 0 Å². The molecule has 0 aliphatic carbocycles. The second kappa shape index (κ2) is 5.98. The van der Waals surface area contributed by atoms with Gasteiger partial charge >= 0.3 is 5.97 Å². The molecule has 0 saturated heterocycles. The van der Waals surface area contributed by atoms with Crippen LogP contribution in [0.2, 0.25) is 0 Å². The lowest BCUT2D eigenvalue weighted by molar-refractivity contribution is -0.139. The van der Waals surface area contributed by atoms with Crippen LogP contribution in [0.4, 0.5) is 0 Å². The monoisotopic (exact) mass is 205 g/mol. The topological polar surface area (TPSA) is 38.3 Å². The third kappa shape index (κ3) is 3.95. The molecule has 0 aliphatic heterocycles. The molecule has 0 amide bonds. The summed E-state index contributed by atoms with van der Waals surface area (Å²) in [4.78, 5) is 10.8. The number of hydrogen-bond acceptors (Lipinski definition) is 3. The minimum atomic E-state index is -0.268. The van der Waals surface area contributed by atoms with E-state index in [0.717, 1.165) is 11.1 Å². The van der Waals surface area contributed by atoms with Crippen molar-refractivity contribution >= 4 is 11.5 Å². The number of hydrogen-bond donors (Lipinski definition) is 1. The van der Waals surface area contributed by atoms with E-state index in [1.165, 1.54) is 7.11 Å². The number of benzene rings is 1. The molecule has 0 heterocycles. The number of nitrogens with one attached hydrogen (secondary N) is 1. The molecule has 1 N–H and O–H groups in total. The molecule has 15 heavy (non-hydrogen) atoms. The van der Waals surface area contributed by atoms with Crippen LogP contribution in [0.3, 0.4) is 0 Å². The minimum absolute atomic E-state index is 0.211. The van der Waals surface area contributed by atoms with Gasteiger partial charge in [-0.3, -0.25) is 4.79 Å². The van der Waals surface area contributed by atoms with Gasteiger partial charge in [0.1, 0.15) is 0 Å². The molecule has 0 fully saturated rings. The summed E-state index contributed by atoms with van der Waals surface area (Å²) in [6.07, 6.45) is 0. The zero-order valence-electron chi connectivity index (χ0n) is 8.82. The van der Waals surface area contributed by atoms with Crippen molar-refractivity contribution in [3.05, 3.63) is 42.5 Å². The van der Waals surface area contributed by atoms with Crippen molar-refractivity contribution in [2.24, 2.45) is 0 Å². The highest BCUT2D eigenvalue weighted by molar-refractivity contribution is 5.72. The lowest BCUT2D eigenvalue weighted by Crippen LogP contribution is -2.25. The van der Waals surface area contributed by atoms with Gasteiger partial charge in [-0.25, -0.2) is 0 Å².